The zero-order chi connectivity index (χ0) is 11.4. The lowest BCUT2D eigenvalue weighted by Gasteiger charge is -2.05. The largest absolute Gasteiger partial charge is 0.488 e. The molecule has 1 heterocycles. The van der Waals surface area contributed by atoms with E-state index in [-0.39, 0.29) is 0 Å². The molecule has 1 aromatic heterocycles. The minimum atomic E-state index is 0.544. The first kappa shape index (κ1) is 11.2. The van der Waals surface area contributed by atoms with Crippen molar-refractivity contribution in [1.29, 1.82) is 0 Å². The van der Waals surface area contributed by atoms with E-state index in [1.807, 2.05) is 41.3 Å². The van der Waals surface area contributed by atoms with Gasteiger partial charge in [0.1, 0.15) is 12.4 Å². The van der Waals surface area contributed by atoms with E-state index in [2.05, 4.69) is 28.0 Å². The molecule has 0 N–H and O–H groups in total. The Balaban J connectivity index is 1.99. The van der Waals surface area contributed by atoms with E-state index in [0.29, 0.717) is 6.61 Å². The van der Waals surface area contributed by atoms with E-state index in [1.165, 1.54) is 0 Å². The summed E-state index contributed by atoms with van der Waals surface area (Å²) in [6, 6.07) is 7.82. The van der Waals surface area contributed by atoms with Gasteiger partial charge < -0.3 is 4.74 Å². The van der Waals surface area contributed by atoms with Crippen LogP contribution in [0.1, 0.15) is 12.5 Å². The van der Waals surface area contributed by atoms with E-state index < -0.39 is 0 Å². The van der Waals surface area contributed by atoms with E-state index >= 15 is 0 Å². The van der Waals surface area contributed by atoms with Crippen LogP contribution in [0.5, 0.6) is 5.75 Å². The predicted octanol–water partition coefficient (Wildman–Crippen LogP) is 3.24. The topological polar surface area (TPSA) is 27.1 Å². The number of para-hydroxylation sites is 1. The van der Waals surface area contributed by atoms with Gasteiger partial charge in [0.15, 0.2) is 0 Å². The van der Waals surface area contributed by atoms with Crippen LogP contribution in [0.3, 0.4) is 0 Å². The number of rotatable bonds is 4. The average molecular weight is 281 g/mol. The molecule has 16 heavy (non-hydrogen) atoms. The van der Waals surface area contributed by atoms with Crippen LogP contribution in [0, 0.1) is 0 Å². The molecule has 0 unspecified atom stereocenters. The second kappa shape index (κ2) is 5.16. The van der Waals surface area contributed by atoms with Crippen LogP contribution >= 0.6 is 15.9 Å². The van der Waals surface area contributed by atoms with Crippen molar-refractivity contribution in [3.8, 4) is 5.75 Å². The quantitative estimate of drug-likeness (QED) is 0.860. The van der Waals surface area contributed by atoms with Gasteiger partial charge in [0, 0.05) is 18.3 Å². The number of ether oxygens (including phenoxy) is 1. The summed E-state index contributed by atoms with van der Waals surface area (Å²) < 4.78 is 8.54. The Labute approximate surface area is 103 Å². The zero-order valence-corrected chi connectivity index (χ0v) is 10.6. The van der Waals surface area contributed by atoms with Crippen LogP contribution in [-0.4, -0.2) is 9.78 Å². The summed E-state index contributed by atoms with van der Waals surface area (Å²) in [5.41, 5.74) is 1.08. The molecule has 0 saturated heterocycles. The fourth-order valence-electron chi connectivity index (χ4n) is 1.38. The van der Waals surface area contributed by atoms with Gasteiger partial charge in [0.2, 0.25) is 0 Å². The van der Waals surface area contributed by atoms with Crippen molar-refractivity contribution in [3.63, 3.8) is 0 Å². The van der Waals surface area contributed by atoms with Crippen LogP contribution in [-0.2, 0) is 13.2 Å². The number of aryl methyl sites for hydroxylation is 1. The molecule has 0 saturated carbocycles. The minimum Gasteiger partial charge on any atom is -0.488 e. The first-order valence-electron chi connectivity index (χ1n) is 5.18. The molecule has 0 aliphatic heterocycles. The van der Waals surface area contributed by atoms with Gasteiger partial charge in [-0.1, -0.05) is 12.1 Å². The summed E-state index contributed by atoms with van der Waals surface area (Å²) in [5.74, 6) is 0.853. The molecule has 0 amide bonds. The Hall–Kier alpha value is -1.29. The van der Waals surface area contributed by atoms with Gasteiger partial charge in [-0.15, -0.1) is 0 Å². The lowest BCUT2D eigenvalue weighted by Crippen LogP contribution is -1.95. The van der Waals surface area contributed by atoms with Crippen LogP contribution in [0.25, 0.3) is 0 Å². The highest BCUT2D eigenvalue weighted by molar-refractivity contribution is 9.10. The fraction of sp³-hybridized carbons (Fsp3) is 0.250. The highest BCUT2D eigenvalue weighted by atomic mass is 79.9. The van der Waals surface area contributed by atoms with Crippen molar-refractivity contribution in [2.24, 2.45) is 0 Å². The molecule has 0 aliphatic carbocycles. The van der Waals surface area contributed by atoms with Gasteiger partial charge in [-0.2, -0.15) is 5.10 Å². The predicted molar refractivity (Wildman–Crippen MR) is 66.4 cm³/mol. The molecule has 1 aromatic carbocycles. The monoisotopic (exact) mass is 280 g/mol. The van der Waals surface area contributed by atoms with Crippen LogP contribution < -0.4 is 4.74 Å². The number of nitrogens with zero attached hydrogens (tertiary/aromatic N) is 2. The molecule has 0 aliphatic rings. The molecule has 0 radical (unpaired) electrons. The first-order valence-corrected chi connectivity index (χ1v) is 5.97. The number of benzene rings is 1. The van der Waals surface area contributed by atoms with Crippen molar-refractivity contribution >= 4 is 15.9 Å². The van der Waals surface area contributed by atoms with Crippen molar-refractivity contribution in [2.75, 3.05) is 0 Å². The smallest absolute Gasteiger partial charge is 0.133 e. The number of hydrogen-bond acceptors (Lipinski definition) is 2. The Morgan fingerprint density at radius 3 is 2.88 bits per heavy atom. The Morgan fingerprint density at radius 1 is 1.38 bits per heavy atom. The molecule has 3 nitrogen and oxygen atoms in total. The lowest BCUT2D eigenvalue weighted by atomic mass is 10.3. The maximum Gasteiger partial charge on any atom is 0.133 e. The lowest BCUT2D eigenvalue weighted by molar-refractivity contribution is 0.304. The van der Waals surface area contributed by atoms with E-state index in [1.54, 1.807) is 0 Å². The second-order valence-corrected chi connectivity index (χ2v) is 4.28. The van der Waals surface area contributed by atoms with E-state index in [9.17, 15) is 0 Å². The molecular weight excluding hydrogens is 268 g/mol. The third-order valence-electron chi connectivity index (χ3n) is 2.24. The van der Waals surface area contributed by atoms with Gasteiger partial charge in [0.25, 0.3) is 0 Å². The minimum absolute atomic E-state index is 0.544. The van der Waals surface area contributed by atoms with Crippen LogP contribution in [0.4, 0.5) is 0 Å². The molecule has 2 rings (SSSR count). The molecule has 0 bridgehead atoms. The van der Waals surface area contributed by atoms with Crippen molar-refractivity contribution < 1.29 is 4.74 Å². The third-order valence-corrected chi connectivity index (χ3v) is 2.90. The maximum atomic E-state index is 5.68. The number of hydrogen-bond donors (Lipinski definition) is 0. The van der Waals surface area contributed by atoms with Crippen molar-refractivity contribution in [1.82, 2.24) is 9.78 Å². The van der Waals surface area contributed by atoms with Crippen LogP contribution in [0.2, 0.25) is 0 Å². The van der Waals surface area contributed by atoms with Gasteiger partial charge in [0.05, 0.1) is 10.7 Å². The molecule has 0 spiro atoms. The summed E-state index contributed by atoms with van der Waals surface area (Å²) in [5, 5.41) is 4.19. The highest BCUT2D eigenvalue weighted by Crippen LogP contribution is 2.24. The standard InChI is InChI=1S/C12H13BrN2O/c1-2-15-8-10(7-14-15)9-16-12-6-4-3-5-11(12)13/h3-8H,2,9H2,1H3. The van der Waals surface area contributed by atoms with Crippen molar-refractivity contribution in [3.05, 3.63) is 46.7 Å². The molecule has 4 heteroatoms. The van der Waals surface area contributed by atoms with Gasteiger partial charge in [-0.3, -0.25) is 4.68 Å². The van der Waals surface area contributed by atoms with Gasteiger partial charge >= 0.3 is 0 Å². The summed E-state index contributed by atoms with van der Waals surface area (Å²) >= 11 is 3.44. The van der Waals surface area contributed by atoms with Gasteiger partial charge in [-0.05, 0) is 35.0 Å². The average Bonchev–Trinajstić information content (AvgIpc) is 2.76. The van der Waals surface area contributed by atoms with E-state index in [4.69, 9.17) is 4.74 Å². The summed E-state index contributed by atoms with van der Waals surface area (Å²) in [6.45, 7) is 3.49. The Kier molecular flexibility index (Phi) is 3.62. The third kappa shape index (κ3) is 2.64. The maximum absolute atomic E-state index is 5.68. The number of halogens is 1. The van der Waals surface area contributed by atoms with Crippen molar-refractivity contribution in [2.45, 2.75) is 20.1 Å². The zero-order valence-electron chi connectivity index (χ0n) is 9.06. The Morgan fingerprint density at radius 2 is 2.19 bits per heavy atom. The first-order chi connectivity index (χ1) is 7.79. The molecule has 0 atom stereocenters. The normalized spacial score (nSPS) is 10.4. The molecule has 2 aromatic rings. The summed E-state index contributed by atoms with van der Waals surface area (Å²) in [6.07, 6.45) is 3.83. The van der Waals surface area contributed by atoms with E-state index in [0.717, 1.165) is 22.3 Å². The molecule has 0 fully saturated rings. The summed E-state index contributed by atoms with van der Waals surface area (Å²) in [4.78, 5) is 0. The highest BCUT2D eigenvalue weighted by Gasteiger charge is 2.01. The Bertz CT molecular complexity index is 468. The SMILES string of the molecule is CCn1cc(COc2ccccc2Br)cn1. The molecular formula is C12H13BrN2O. The van der Waals surface area contributed by atoms with Crippen LogP contribution in [0.15, 0.2) is 41.1 Å². The summed E-state index contributed by atoms with van der Waals surface area (Å²) in [7, 11) is 0. The fourth-order valence-corrected chi connectivity index (χ4v) is 1.78. The second-order valence-electron chi connectivity index (χ2n) is 3.42. The van der Waals surface area contributed by atoms with Gasteiger partial charge in [-0.25, -0.2) is 0 Å². The molecule has 84 valence electrons. The number of aromatic nitrogens is 2.